The van der Waals surface area contributed by atoms with Gasteiger partial charge in [-0.2, -0.15) is 4.31 Å². The first kappa shape index (κ1) is 9.12. The van der Waals surface area contributed by atoms with Crippen LogP contribution in [0.5, 0.6) is 0 Å². The van der Waals surface area contributed by atoms with Crippen molar-refractivity contribution in [2.24, 2.45) is 5.92 Å². The Bertz CT molecular complexity index is 337. The van der Waals surface area contributed by atoms with E-state index in [-0.39, 0.29) is 11.3 Å². The van der Waals surface area contributed by atoms with Gasteiger partial charge in [0.05, 0.1) is 5.25 Å². The normalized spacial score (nSPS) is 38.9. The molecule has 2 atom stereocenters. The first-order valence-corrected chi connectivity index (χ1v) is 6.91. The second-order valence-electron chi connectivity index (χ2n) is 4.63. The molecule has 0 amide bonds. The van der Waals surface area contributed by atoms with Gasteiger partial charge in [-0.15, -0.1) is 0 Å². The maximum absolute atomic E-state index is 12.0. The lowest BCUT2D eigenvalue weighted by molar-refractivity contribution is 0.382. The molecular weight excluding hydrogens is 200 g/mol. The van der Waals surface area contributed by atoms with Crippen LogP contribution in [0, 0.1) is 5.92 Å². The van der Waals surface area contributed by atoms with Crippen molar-refractivity contribution in [3.8, 4) is 0 Å². The van der Waals surface area contributed by atoms with Gasteiger partial charge in [-0.05, 0) is 31.7 Å². The van der Waals surface area contributed by atoms with E-state index >= 15 is 0 Å². The third-order valence-corrected chi connectivity index (χ3v) is 6.09. The fourth-order valence-corrected chi connectivity index (χ4v) is 4.78. The van der Waals surface area contributed by atoms with E-state index in [0.29, 0.717) is 5.92 Å². The zero-order valence-corrected chi connectivity index (χ0v) is 8.96. The molecule has 1 N–H and O–H groups in total. The molecule has 2 unspecified atom stereocenters. The predicted molar refractivity (Wildman–Crippen MR) is 53.4 cm³/mol. The highest BCUT2D eigenvalue weighted by molar-refractivity contribution is 7.90. The summed E-state index contributed by atoms with van der Waals surface area (Å²) in [5, 5.41) is 3.24. The van der Waals surface area contributed by atoms with Gasteiger partial charge in [0.2, 0.25) is 10.0 Å². The Morgan fingerprint density at radius 2 is 1.93 bits per heavy atom. The third kappa shape index (κ3) is 1.22. The van der Waals surface area contributed by atoms with Crippen molar-refractivity contribution in [1.29, 1.82) is 0 Å². The van der Waals surface area contributed by atoms with Crippen LogP contribution in [-0.2, 0) is 10.0 Å². The number of hydrogen-bond donors (Lipinski definition) is 1. The van der Waals surface area contributed by atoms with Gasteiger partial charge in [0.1, 0.15) is 0 Å². The topological polar surface area (TPSA) is 49.4 Å². The van der Waals surface area contributed by atoms with Gasteiger partial charge in [-0.25, -0.2) is 8.42 Å². The Hall–Kier alpha value is -0.130. The van der Waals surface area contributed by atoms with Crippen LogP contribution in [0.25, 0.3) is 0 Å². The molecule has 2 aliphatic heterocycles. The van der Waals surface area contributed by atoms with Gasteiger partial charge in [-0.3, -0.25) is 0 Å². The highest BCUT2D eigenvalue weighted by Gasteiger charge is 2.48. The number of sulfonamides is 1. The van der Waals surface area contributed by atoms with Crippen LogP contribution in [0.2, 0.25) is 0 Å². The second kappa shape index (κ2) is 2.93. The third-order valence-electron chi connectivity index (χ3n) is 3.67. The van der Waals surface area contributed by atoms with Crippen molar-refractivity contribution in [2.75, 3.05) is 19.6 Å². The molecule has 4 nitrogen and oxygen atoms in total. The summed E-state index contributed by atoms with van der Waals surface area (Å²) in [5.41, 5.74) is 0. The Balaban J connectivity index is 1.85. The molecule has 3 fully saturated rings. The van der Waals surface area contributed by atoms with Crippen molar-refractivity contribution in [3.63, 3.8) is 0 Å². The molecular formula is C9H16N2O2S. The molecule has 0 bridgehead atoms. The van der Waals surface area contributed by atoms with E-state index in [1.54, 1.807) is 4.31 Å². The molecule has 1 saturated carbocycles. The number of hydrogen-bond acceptors (Lipinski definition) is 3. The van der Waals surface area contributed by atoms with Crippen LogP contribution in [0.4, 0.5) is 0 Å². The molecule has 3 rings (SSSR count). The lowest BCUT2D eigenvalue weighted by atomic mass is 10.1. The van der Waals surface area contributed by atoms with E-state index in [1.165, 1.54) is 0 Å². The standard InChI is InChI=1S/C9H16N2O2S/c12-14(13,8-1-2-8)11-4-3-7-5-10-6-9(7)11/h7-10H,1-6H2. The van der Waals surface area contributed by atoms with Crippen LogP contribution in [0.3, 0.4) is 0 Å². The van der Waals surface area contributed by atoms with E-state index in [9.17, 15) is 8.42 Å². The van der Waals surface area contributed by atoms with Crippen LogP contribution in [0.15, 0.2) is 0 Å². The van der Waals surface area contributed by atoms with Crippen LogP contribution in [-0.4, -0.2) is 43.6 Å². The van der Waals surface area contributed by atoms with Crippen molar-refractivity contribution in [3.05, 3.63) is 0 Å². The molecule has 0 spiro atoms. The van der Waals surface area contributed by atoms with Crippen molar-refractivity contribution in [2.45, 2.75) is 30.6 Å². The largest absolute Gasteiger partial charge is 0.315 e. The summed E-state index contributed by atoms with van der Waals surface area (Å²) in [6, 6.07) is 0.264. The molecule has 0 aromatic heterocycles. The predicted octanol–water partition coefficient (Wildman–Crippen LogP) is -0.228. The van der Waals surface area contributed by atoms with Crippen LogP contribution < -0.4 is 5.32 Å². The molecule has 1 aliphatic carbocycles. The summed E-state index contributed by atoms with van der Waals surface area (Å²) >= 11 is 0. The number of nitrogens with one attached hydrogen (secondary N) is 1. The average molecular weight is 216 g/mol. The molecule has 5 heteroatoms. The Kier molecular flexibility index (Phi) is 1.91. The maximum atomic E-state index is 12.0. The molecule has 14 heavy (non-hydrogen) atoms. The highest BCUT2D eigenvalue weighted by Crippen LogP contribution is 2.37. The van der Waals surface area contributed by atoms with Gasteiger partial charge in [-0.1, -0.05) is 0 Å². The zero-order chi connectivity index (χ0) is 9.76. The monoisotopic (exact) mass is 216 g/mol. The van der Waals surface area contributed by atoms with E-state index < -0.39 is 10.0 Å². The van der Waals surface area contributed by atoms with Crippen molar-refractivity contribution >= 4 is 10.0 Å². The molecule has 0 aromatic rings. The Labute approximate surface area is 84.7 Å². The SMILES string of the molecule is O=S(=O)(C1CC1)N1CCC2CNCC21. The second-order valence-corrected chi connectivity index (χ2v) is 6.79. The van der Waals surface area contributed by atoms with E-state index in [0.717, 1.165) is 38.9 Å². The fourth-order valence-electron chi connectivity index (χ4n) is 2.68. The molecule has 0 radical (unpaired) electrons. The Morgan fingerprint density at radius 1 is 1.14 bits per heavy atom. The Morgan fingerprint density at radius 3 is 2.64 bits per heavy atom. The van der Waals surface area contributed by atoms with Gasteiger partial charge in [0.25, 0.3) is 0 Å². The molecule has 2 saturated heterocycles. The quantitative estimate of drug-likeness (QED) is 0.694. The minimum atomic E-state index is -2.93. The van der Waals surface area contributed by atoms with E-state index in [2.05, 4.69) is 5.32 Å². The molecule has 2 heterocycles. The van der Waals surface area contributed by atoms with E-state index in [1.807, 2.05) is 0 Å². The number of fused-ring (bicyclic) bond motifs is 1. The van der Waals surface area contributed by atoms with Gasteiger partial charge in [0, 0.05) is 19.1 Å². The van der Waals surface area contributed by atoms with Gasteiger partial charge < -0.3 is 5.32 Å². The minimum absolute atomic E-state index is 0.0400. The molecule has 3 aliphatic rings. The number of nitrogens with zero attached hydrogens (tertiary/aromatic N) is 1. The molecule has 80 valence electrons. The highest BCUT2D eigenvalue weighted by atomic mass is 32.2. The zero-order valence-electron chi connectivity index (χ0n) is 8.15. The summed E-state index contributed by atoms with van der Waals surface area (Å²) in [6.07, 6.45) is 2.80. The summed E-state index contributed by atoms with van der Waals surface area (Å²) in [6.45, 7) is 2.62. The summed E-state index contributed by atoms with van der Waals surface area (Å²) < 4.78 is 25.8. The summed E-state index contributed by atoms with van der Waals surface area (Å²) in [5.74, 6) is 0.573. The average Bonchev–Trinajstić information content (AvgIpc) is 2.75. The summed E-state index contributed by atoms with van der Waals surface area (Å²) in [7, 11) is -2.93. The van der Waals surface area contributed by atoms with Crippen LogP contribution >= 0.6 is 0 Å². The fraction of sp³-hybridized carbons (Fsp3) is 1.00. The first-order chi connectivity index (χ1) is 6.69. The smallest absolute Gasteiger partial charge is 0.217 e. The van der Waals surface area contributed by atoms with Gasteiger partial charge in [0.15, 0.2) is 0 Å². The van der Waals surface area contributed by atoms with Crippen molar-refractivity contribution < 1.29 is 8.42 Å². The first-order valence-electron chi connectivity index (χ1n) is 5.41. The minimum Gasteiger partial charge on any atom is -0.315 e. The van der Waals surface area contributed by atoms with Crippen LogP contribution in [0.1, 0.15) is 19.3 Å². The van der Waals surface area contributed by atoms with Crippen molar-refractivity contribution in [1.82, 2.24) is 9.62 Å². The lowest BCUT2D eigenvalue weighted by Gasteiger charge is -2.22. The molecule has 0 aromatic carbocycles. The van der Waals surface area contributed by atoms with Gasteiger partial charge >= 0.3 is 0 Å². The number of rotatable bonds is 2. The summed E-state index contributed by atoms with van der Waals surface area (Å²) in [4.78, 5) is 0. The van der Waals surface area contributed by atoms with E-state index in [4.69, 9.17) is 0 Å². The maximum Gasteiger partial charge on any atom is 0.217 e. The lowest BCUT2D eigenvalue weighted by Crippen LogP contribution is -2.40.